The SMILES string of the molecule is CC(C)(C)CC(C)(C)[C@H](O)C(=O)C(C)(C)C. The smallest absolute Gasteiger partial charge is 0.167 e. The van der Waals surface area contributed by atoms with E-state index >= 15 is 0 Å². The minimum absolute atomic E-state index is 0.0678. The number of aliphatic hydroxyl groups excluding tert-OH is 1. The number of carbonyl (C=O) groups excluding carboxylic acids is 1. The molecule has 2 nitrogen and oxygen atoms in total. The Bertz CT molecular complexity index is 251. The molecule has 0 aliphatic carbocycles. The molecule has 0 rings (SSSR count). The molecule has 0 fully saturated rings. The Labute approximate surface area is 100 Å². The van der Waals surface area contributed by atoms with E-state index in [4.69, 9.17) is 0 Å². The van der Waals surface area contributed by atoms with Crippen LogP contribution in [0.5, 0.6) is 0 Å². The van der Waals surface area contributed by atoms with Crippen molar-refractivity contribution < 1.29 is 9.90 Å². The van der Waals surface area contributed by atoms with Gasteiger partial charge < -0.3 is 5.11 Å². The summed E-state index contributed by atoms with van der Waals surface area (Å²) < 4.78 is 0. The van der Waals surface area contributed by atoms with Crippen LogP contribution in [0.25, 0.3) is 0 Å². The van der Waals surface area contributed by atoms with Crippen molar-refractivity contribution in [1.82, 2.24) is 0 Å². The van der Waals surface area contributed by atoms with Crippen LogP contribution in [-0.2, 0) is 4.79 Å². The lowest BCUT2D eigenvalue weighted by atomic mass is 9.69. The van der Waals surface area contributed by atoms with Crippen LogP contribution in [0.1, 0.15) is 61.8 Å². The Morgan fingerprint density at radius 2 is 1.38 bits per heavy atom. The lowest BCUT2D eigenvalue weighted by Crippen LogP contribution is -2.44. The lowest BCUT2D eigenvalue weighted by Gasteiger charge is -2.37. The largest absolute Gasteiger partial charge is 0.385 e. The quantitative estimate of drug-likeness (QED) is 0.803. The third-order valence-electron chi connectivity index (χ3n) is 2.71. The molecule has 96 valence electrons. The van der Waals surface area contributed by atoms with Gasteiger partial charge in [0.25, 0.3) is 0 Å². The Hall–Kier alpha value is -0.370. The molecule has 0 aromatic heterocycles. The predicted octanol–water partition coefficient (Wildman–Crippen LogP) is 3.42. The molecule has 2 heteroatoms. The van der Waals surface area contributed by atoms with Crippen molar-refractivity contribution in [2.75, 3.05) is 0 Å². The second-order valence-corrected chi connectivity index (χ2v) is 7.74. The molecule has 0 amide bonds. The number of rotatable bonds is 3. The fraction of sp³-hybridized carbons (Fsp3) is 0.929. The van der Waals surface area contributed by atoms with Crippen LogP contribution in [0.15, 0.2) is 0 Å². The minimum Gasteiger partial charge on any atom is -0.385 e. The van der Waals surface area contributed by atoms with Crippen molar-refractivity contribution in [3.8, 4) is 0 Å². The Balaban J connectivity index is 4.84. The van der Waals surface area contributed by atoms with E-state index in [-0.39, 0.29) is 16.6 Å². The minimum atomic E-state index is -0.883. The van der Waals surface area contributed by atoms with Crippen LogP contribution < -0.4 is 0 Å². The molecule has 0 aromatic carbocycles. The molecule has 0 spiro atoms. The van der Waals surface area contributed by atoms with Crippen molar-refractivity contribution in [3.63, 3.8) is 0 Å². The monoisotopic (exact) mass is 228 g/mol. The van der Waals surface area contributed by atoms with Crippen molar-refractivity contribution in [3.05, 3.63) is 0 Å². The van der Waals surface area contributed by atoms with Crippen molar-refractivity contribution in [2.24, 2.45) is 16.2 Å². The maximum atomic E-state index is 12.0. The topological polar surface area (TPSA) is 37.3 Å². The number of hydrogen-bond donors (Lipinski definition) is 1. The van der Waals surface area contributed by atoms with E-state index in [0.717, 1.165) is 6.42 Å². The van der Waals surface area contributed by atoms with Gasteiger partial charge in [0.05, 0.1) is 0 Å². The van der Waals surface area contributed by atoms with Crippen LogP contribution in [0.4, 0.5) is 0 Å². The summed E-state index contributed by atoms with van der Waals surface area (Å²) in [6.07, 6.45) is -0.0603. The van der Waals surface area contributed by atoms with Gasteiger partial charge in [-0.1, -0.05) is 55.4 Å². The van der Waals surface area contributed by atoms with Gasteiger partial charge in [0, 0.05) is 5.41 Å². The fourth-order valence-corrected chi connectivity index (χ4v) is 2.23. The first kappa shape index (κ1) is 15.6. The van der Waals surface area contributed by atoms with E-state index in [1.807, 2.05) is 34.6 Å². The highest BCUT2D eigenvalue weighted by Crippen LogP contribution is 2.38. The van der Waals surface area contributed by atoms with Gasteiger partial charge in [-0.2, -0.15) is 0 Å². The molecular formula is C14H28O2. The lowest BCUT2D eigenvalue weighted by molar-refractivity contribution is -0.142. The van der Waals surface area contributed by atoms with E-state index < -0.39 is 11.5 Å². The average molecular weight is 228 g/mol. The Kier molecular flexibility index (Phi) is 4.38. The van der Waals surface area contributed by atoms with Gasteiger partial charge in [0.1, 0.15) is 6.10 Å². The number of carbonyl (C=O) groups is 1. The standard InChI is InChI=1S/C14H28O2/c1-12(2,3)9-14(7,8)11(16)10(15)13(4,5)6/h11,16H,9H2,1-8H3/t11-/m1/s1. The van der Waals surface area contributed by atoms with Gasteiger partial charge >= 0.3 is 0 Å². The van der Waals surface area contributed by atoms with Crippen LogP contribution in [0.3, 0.4) is 0 Å². The predicted molar refractivity (Wildman–Crippen MR) is 68.3 cm³/mol. The summed E-state index contributed by atoms with van der Waals surface area (Å²) in [4.78, 5) is 12.0. The highest BCUT2D eigenvalue weighted by molar-refractivity contribution is 5.88. The molecule has 0 aliphatic heterocycles. The molecule has 0 unspecified atom stereocenters. The number of Topliss-reactive ketones (excluding diaryl/α,β-unsaturated/α-hetero) is 1. The zero-order chi connectivity index (χ0) is 13.4. The highest BCUT2D eigenvalue weighted by atomic mass is 16.3. The van der Waals surface area contributed by atoms with Gasteiger partial charge in [0.2, 0.25) is 0 Å². The maximum absolute atomic E-state index is 12.0. The summed E-state index contributed by atoms with van der Waals surface area (Å²) in [6.45, 7) is 15.9. The van der Waals surface area contributed by atoms with Crippen LogP contribution in [0.2, 0.25) is 0 Å². The molecule has 0 saturated carbocycles. The zero-order valence-corrected chi connectivity index (χ0v) is 12.1. The molecule has 0 saturated heterocycles. The van der Waals surface area contributed by atoms with E-state index in [1.54, 1.807) is 0 Å². The molecule has 0 heterocycles. The first-order valence-electron chi connectivity index (χ1n) is 6.00. The second kappa shape index (κ2) is 4.48. The first-order valence-corrected chi connectivity index (χ1v) is 6.00. The molecule has 0 aromatic rings. The van der Waals surface area contributed by atoms with Crippen LogP contribution in [0, 0.1) is 16.2 Å². The van der Waals surface area contributed by atoms with E-state index in [1.165, 1.54) is 0 Å². The van der Waals surface area contributed by atoms with Gasteiger partial charge in [-0.3, -0.25) is 4.79 Å². The number of hydrogen-bond acceptors (Lipinski definition) is 2. The Morgan fingerprint density at radius 3 is 1.62 bits per heavy atom. The summed E-state index contributed by atoms with van der Waals surface area (Å²) in [5, 5.41) is 10.2. The van der Waals surface area contributed by atoms with Crippen molar-refractivity contribution in [1.29, 1.82) is 0 Å². The maximum Gasteiger partial charge on any atom is 0.167 e. The van der Waals surface area contributed by atoms with Crippen LogP contribution >= 0.6 is 0 Å². The third kappa shape index (κ3) is 4.65. The first-order chi connectivity index (χ1) is 6.77. The number of aliphatic hydroxyl groups is 1. The average Bonchev–Trinajstić information content (AvgIpc) is 1.95. The van der Waals surface area contributed by atoms with Crippen molar-refractivity contribution >= 4 is 5.78 Å². The van der Waals surface area contributed by atoms with E-state index in [0.29, 0.717) is 0 Å². The molecule has 0 aliphatic rings. The summed E-state index contributed by atoms with van der Waals surface area (Å²) in [5.74, 6) is -0.0678. The molecule has 0 radical (unpaired) electrons. The van der Waals surface area contributed by atoms with Crippen molar-refractivity contribution in [2.45, 2.75) is 67.9 Å². The van der Waals surface area contributed by atoms with Crippen LogP contribution in [-0.4, -0.2) is 17.0 Å². The molecular weight excluding hydrogens is 200 g/mol. The summed E-state index contributed by atoms with van der Waals surface area (Å²) in [6, 6.07) is 0. The van der Waals surface area contributed by atoms with Gasteiger partial charge in [-0.05, 0) is 17.3 Å². The molecule has 0 bridgehead atoms. The molecule has 16 heavy (non-hydrogen) atoms. The number of ketones is 1. The molecule has 1 atom stereocenters. The van der Waals surface area contributed by atoms with Gasteiger partial charge in [-0.15, -0.1) is 0 Å². The zero-order valence-electron chi connectivity index (χ0n) is 12.1. The summed E-state index contributed by atoms with van der Waals surface area (Å²) in [7, 11) is 0. The molecule has 1 N–H and O–H groups in total. The van der Waals surface area contributed by atoms with E-state index in [9.17, 15) is 9.90 Å². The summed E-state index contributed by atoms with van der Waals surface area (Å²) in [5.41, 5.74) is -0.736. The summed E-state index contributed by atoms with van der Waals surface area (Å²) >= 11 is 0. The van der Waals surface area contributed by atoms with Gasteiger partial charge in [0.15, 0.2) is 5.78 Å². The Morgan fingerprint density at radius 1 is 1.00 bits per heavy atom. The second-order valence-electron chi connectivity index (χ2n) is 7.74. The van der Waals surface area contributed by atoms with Gasteiger partial charge in [-0.25, -0.2) is 0 Å². The fourth-order valence-electron chi connectivity index (χ4n) is 2.23. The normalized spacial score (nSPS) is 16.1. The highest BCUT2D eigenvalue weighted by Gasteiger charge is 2.40. The van der Waals surface area contributed by atoms with E-state index in [2.05, 4.69) is 20.8 Å². The third-order valence-corrected chi connectivity index (χ3v) is 2.71.